The van der Waals surface area contributed by atoms with Crippen molar-refractivity contribution in [3.8, 4) is 0 Å². The van der Waals surface area contributed by atoms with E-state index in [0.29, 0.717) is 15.9 Å². The zero-order valence-corrected chi connectivity index (χ0v) is 11.1. The Labute approximate surface area is 123 Å². The van der Waals surface area contributed by atoms with Crippen LogP contribution in [0.1, 0.15) is 0 Å². The van der Waals surface area contributed by atoms with Crippen LogP contribution in [-0.4, -0.2) is 40.6 Å². The van der Waals surface area contributed by atoms with Gasteiger partial charge in [-0.1, -0.05) is 0 Å². The Morgan fingerprint density at radius 1 is 0.391 bits per heavy atom. The molecule has 0 unspecified atom stereocenters. The van der Waals surface area contributed by atoms with Crippen LogP contribution in [0.3, 0.4) is 0 Å². The lowest BCUT2D eigenvalue weighted by atomic mass is 9.88. The molecule has 0 aromatic carbocycles. The molecule has 0 saturated carbocycles. The maximum Gasteiger partial charge on any atom is 0.438 e. The van der Waals surface area contributed by atoms with Gasteiger partial charge in [-0.25, -0.2) is 4.39 Å². The SMILES string of the molecule is FC(F)(F)C(F)(C(F)(F)F)C(F)(F)C(F)(F)C(F)(F)C(F)(F)Br. The highest BCUT2D eigenvalue weighted by Gasteiger charge is 2.95. The van der Waals surface area contributed by atoms with Crippen LogP contribution < -0.4 is 0 Å². The van der Waals surface area contributed by atoms with Gasteiger partial charge in [-0.3, -0.25) is 0 Å². The second-order valence-corrected chi connectivity index (χ2v) is 4.87. The summed E-state index contributed by atoms with van der Waals surface area (Å²) in [6.45, 7) is 0. The summed E-state index contributed by atoms with van der Waals surface area (Å²) < 4.78 is 185. The minimum Gasteiger partial charge on any atom is -0.216 e. The first-order chi connectivity index (χ1) is 9.50. The molecule has 0 N–H and O–H groups in total. The fraction of sp³-hybridized carbons (Fsp3) is 1.00. The van der Waals surface area contributed by atoms with Crippen molar-refractivity contribution in [2.75, 3.05) is 0 Å². The molecule has 0 saturated heterocycles. The topological polar surface area (TPSA) is 0 Å². The predicted molar refractivity (Wildman–Crippen MR) is 44.7 cm³/mol. The molecule has 0 fully saturated rings. The number of rotatable bonds is 4. The van der Waals surface area contributed by atoms with E-state index in [1.807, 2.05) is 0 Å². The first-order valence-corrected chi connectivity index (χ1v) is 5.32. The summed E-state index contributed by atoms with van der Waals surface area (Å²) in [5, 5.41) is 0. The molecule has 16 heteroatoms. The smallest absolute Gasteiger partial charge is 0.216 e. The van der Waals surface area contributed by atoms with Crippen molar-refractivity contribution < 1.29 is 65.9 Å². The van der Waals surface area contributed by atoms with Gasteiger partial charge in [-0.2, -0.15) is 61.5 Å². The lowest BCUT2D eigenvalue weighted by molar-refractivity contribution is -0.451. The Morgan fingerprint density at radius 2 is 0.652 bits per heavy atom. The van der Waals surface area contributed by atoms with Crippen LogP contribution in [0.25, 0.3) is 0 Å². The van der Waals surface area contributed by atoms with E-state index in [0.717, 1.165) is 0 Å². The minimum absolute atomic E-state index is 0.414. The van der Waals surface area contributed by atoms with E-state index in [4.69, 9.17) is 0 Å². The van der Waals surface area contributed by atoms with E-state index in [1.54, 1.807) is 0 Å². The average molecular weight is 449 g/mol. The molecule has 0 aliphatic heterocycles. The zero-order valence-electron chi connectivity index (χ0n) is 9.55. The van der Waals surface area contributed by atoms with Crippen LogP contribution in [0.5, 0.6) is 0 Å². The van der Waals surface area contributed by atoms with Crippen LogP contribution in [0.4, 0.5) is 65.9 Å². The third-order valence-electron chi connectivity index (χ3n) is 2.36. The molecule has 0 aliphatic carbocycles. The maximum atomic E-state index is 12.9. The molecule has 140 valence electrons. The molecule has 0 radical (unpaired) electrons. The van der Waals surface area contributed by atoms with Crippen molar-refractivity contribution >= 4 is 15.9 Å². The summed E-state index contributed by atoms with van der Waals surface area (Å²) in [5.41, 5.74) is -8.24. The zero-order chi connectivity index (χ0) is 19.5. The van der Waals surface area contributed by atoms with Crippen molar-refractivity contribution in [2.24, 2.45) is 0 Å². The van der Waals surface area contributed by atoms with E-state index >= 15 is 0 Å². The summed E-state index contributed by atoms with van der Waals surface area (Å²) in [6, 6.07) is 0. The van der Waals surface area contributed by atoms with Crippen LogP contribution in [-0.2, 0) is 0 Å². The van der Waals surface area contributed by atoms with E-state index in [-0.39, 0.29) is 0 Å². The van der Waals surface area contributed by atoms with Gasteiger partial charge in [0.25, 0.3) is 0 Å². The summed E-state index contributed by atoms with van der Waals surface area (Å²) in [5.74, 6) is -24.0. The van der Waals surface area contributed by atoms with Gasteiger partial charge in [0, 0.05) is 0 Å². The highest BCUT2D eigenvalue weighted by molar-refractivity contribution is 9.10. The number of hydrogen-bond acceptors (Lipinski definition) is 0. The van der Waals surface area contributed by atoms with E-state index in [2.05, 4.69) is 0 Å². The molecular weight excluding hydrogens is 449 g/mol. The van der Waals surface area contributed by atoms with Crippen LogP contribution >= 0.6 is 15.9 Å². The Kier molecular flexibility index (Phi) is 5.08. The van der Waals surface area contributed by atoms with Crippen molar-refractivity contribution in [1.29, 1.82) is 0 Å². The van der Waals surface area contributed by atoms with Gasteiger partial charge in [0.2, 0.25) is 0 Å². The van der Waals surface area contributed by atoms with Gasteiger partial charge in [-0.15, -0.1) is 0 Å². The Hall–Kier alpha value is -0.570. The summed E-state index contributed by atoms with van der Waals surface area (Å²) in [6.07, 6.45) is -15.8. The van der Waals surface area contributed by atoms with Crippen molar-refractivity contribution in [3.63, 3.8) is 0 Å². The van der Waals surface area contributed by atoms with Crippen LogP contribution in [0.15, 0.2) is 0 Å². The third kappa shape index (κ3) is 2.83. The molecule has 0 spiro atoms. The fourth-order valence-corrected chi connectivity index (χ4v) is 1.36. The Bertz CT molecular complexity index is 422. The molecule has 0 heterocycles. The van der Waals surface area contributed by atoms with Crippen molar-refractivity contribution in [1.82, 2.24) is 0 Å². The minimum atomic E-state index is -8.35. The highest BCUT2D eigenvalue weighted by Crippen LogP contribution is 2.64. The summed E-state index contributed by atoms with van der Waals surface area (Å²) >= 11 is 0.414. The fourth-order valence-electron chi connectivity index (χ4n) is 1.11. The Balaban J connectivity index is 6.65. The quantitative estimate of drug-likeness (QED) is 0.381. The lowest BCUT2D eigenvalue weighted by Crippen LogP contribution is -2.74. The third-order valence-corrected chi connectivity index (χ3v) is 2.86. The maximum absolute atomic E-state index is 12.9. The van der Waals surface area contributed by atoms with Gasteiger partial charge in [-0.05, 0) is 15.9 Å². The molecule has 0 aliphatic rings. The highest BCUT2D eigenvalue weighted by atomic mass is 79.9. The molecule has 23 heavy (non-hydrogen) atoms. The van der Waals surface area contributed by atoms with E-state index in [9.17, 15) is 65.9 Å². The first kappa shape index (κ1) is 22.4. The normalized spacial score (nSPS) is 16.7. The van der Waals surface area contributed by atoms with Gasteiger partial charge < -0.3 is 0 Å². The molecule has 0 bridgehead atoms. The summed E-state index contributed by atoms with van der Waals surface area (Å²) in [7, 11) is 0. The predicted octanol–water partition coefficient (Wildman–Crippen LogP) is 5.71. The monoisotopic (exact) mass is 448 g/mol. The molecular formula is C7BrF15. The summed E-state index contributed by atoms with van der Waals surface area (Å²) in [4.78, 5) is -6.40. The second-order valence-electron chi connectivity index (χ2n) is 3.87. The van der Waals surface area contributed by atoms with Crippen LogP contribution in [0.2, 0.25) is 0 Å². The van der Waals surface area contributed by atoms with E-state index < -0.39 is 40.6 Å². The van der Waals surface area contributed by atoms with Gasteiger partial charge >= 0.3 is 40.6 Å². The van der Waals surface area contributed by atoms with Gasteiger partial charge in [0.15, 0.2) is 0 Å². The average Bonchev–Trinajstić information content (AvgIpc) is 2.22. The Morgan fingerprint density at radius 3 is 0.826 bits per heavy atom. The van der Waals surface area contributed by atoms with Gasteiger partial charge in [0.1, 0.15) is 0 Å². The molecule has 0 rings (SSSR count). The standard InChI is InChI=1S/C7BrF15/c8-5(16,17)4(14,15)3(12,13)2(10,11)1(9,6(18,19)20)7(21,22)23. The largest absolute Gasteiger partial charge is 0.438 e. The van der Waals surface area contributed by atoms with Gasteiger partial charge in [0.05, 0.1) is 0 Å². The molecule has 0 amide bonds. The molecule has 0 atom stereocenters. The second kappa shape index (κ2) is 5.21. The molecule has 0 aromatic heterocycles. The van der Waals surface area contributed by atoms with Crippen molar-refractivity contribution in [2.45, 2.75) is 40.6 Å². The molecule has 0 nitrogen and oxygen atoms in total. The van der Waals surface area contributed by atoms with Crippen LogP contribution in [0, 0.1) is 0 Å². The van der Waals surface area contributed by atoms with Crippen molar-refractivity contribution in [3.05, 3.63) is 0 Å². The first-order valence-electron chi connectivity index (χ1n) is 4.52. The number of halogens is 16. The number of alkyl halides is 16. The lowest BCUT2D eigenvalue weighted by Gasteiger charge is -2.42. The molecule has 0 aromatic rings. The van der Waals surface area contributed by atoms with E-state index in [1.165, 1.54) is 0 Å². The number of hydrogen-bond donors (Lipinski definition) is 0.